The van der Waals surface area contributed by atoms with E-state index in [1.807, 2.05) is 17.5 Å². The summed E-state index contributed by atoms with van der Waals surface area (Å²) in [6, 6.07) is 7.26. The van der Waals surface area contributed by atoms with Gasteiger partial charge in [-0.1, -0.05) is 35.2 Å². The van der Waals surface area contributed by atoms with Crippen LogP contribution in [-0.4, -0.2) is 16.1 Å². The largest absolute Gasteiger partial charge is 0.300 e. The number of rotatable bonds is 6. The molecule has 0 aliphatic carbocycles. The number of carbonyl (C=O) groups is 1. The van der Waals surface area contributed by atoms with E-state index in [-0.39, 0.29) is 5.91 Å². The second-order valence-electron chi connectivity index (χ2n) is 4.70. The number of hydrogen-bond donors (Lipinski definition) is 1. The van der Waals surface area contributed by atoms with Crippen LogP contribution in [0, 0.1) is 11.6 Å². The molecule has 0 saturated heterocycles. The number of carbonyl (C=O) groups excluding carboxylic acids is 1. The van der Waals surface area contributed by atoms with Gasteiger partial charge < -0.3 is 5.32 Å². The van der Waals surface area contributed by atoms with Gasteiger partial charge in [0.05, 0.1) is 6.42 Å². The molecule has 3 aromatic rings. The molecule has 0 radical (unpaired) electrons. The van der Waals surface area contributed by atoms with Gasteiger partial charge in [0.2, 0.25) is 11.0 Å². The van der Waals surface area contributed by atoms with Crippen LogP contribution in [0.1, 0.15) is 10.4 Å². The molecule has 0 atom stereocenters. The lowest BCUT2D eigenvalue weighted by Crippen LogP contribution is -2.13. The van der Waals surface area contributed by atoms with Crippen molar-refractivity contribution in [3.05, 3.63) is 57.8 Å². The van der Waals surface area contributed by atoms with Gasteiger partial charge in [-0.3, -0.25) is 4.79 Å². The number of benzene rings is 1. The Morgan fingerprint density at radius 1 is 1.25 bits per heavy atom. The minimum atomic E-state index is -0.604. The van der Waals surface area contributed by atoms with Crippen molar-refractivity contribution < 1.29 is 13.6 Å². The highest BCUT2D eigenvalue weighted by Crippen LogP contribution is 2.29. The quantitative estimate of drug-likeness (QED) is 0.508. The molecule has 2 heterocycles. The van der Waals surface area contributed by atoms with Gasteiger partial charge in [0.15, 0.2) is 4.34 Å². The Kier molecular flexibility index (Phi) is 5.54. The summed E-state index contributed by atoms with van der Waals surface area (Å²) >= 11 is 4.01. The first kappa shape index (κ1) is 17.0. The van der Waals surface area contributed by atoms with Crippen LogP contribution in [-0.2, 0) is 17.0 Å². The van der Waals surface area contributed by atoms with Crippen molar-refractivity contribution in [3.63, 3.8) is 0 Å². The minimum absolute atomic E-state index is 0.158. The van der Waals surface area contributed by atoms with Gasteiger partial charge in [0.25, 0.3) is 0 Å². The van der Waals surface area contributed by atoms with Crippen molar-refractivity contribution in [2.24, 2.45) is 0 Å². The van der Waals surface area contributed by atoms with E-state index in [1.54, 1.807) is 0 Å². The standard InChI is InChI=1S/C15H11F2N3OS3/c16-10-4-3-9(12(17)6-10)8-23-15-20-19-14(24-15)18-13(21)7-11-2-1-5-22-11/h1-6H,7-8H2,(H,18,19,21). The zero-order valence-electron chi connectivity index (χ0n) is 12.2. The third-order valence-corrected chi connectivity index (χ3v) is 5.83. The predicted octanol–water partition coefficient (Wildman–Crippen LogP) is 4.35. The molecule has 2 aromatic heterocycles. The van der Waals surface area contributed by atoms with E-state index in [0.717, 1.165) is 10.9 Å². The highest BCUT2D eigenvalue weighted by Gasteiger charge is 2.11. The molecule has 0 aliphatic rings. The average molecular weight is 383 g/mol. The summed E-state index contributed by atoms with van der Waals surface area (Å²) in [5.74, 6) is -1.04. The van der Waals surface area contributed by atoms with Crippen LogP contribution in [0.5, 0.6) is 0 Å². The van der Waals surface area contributed by atoms with Crippen molar-refractivity contribution in [1.82, 2.24) is 10.2 Å². The Bertz CT molecular complexity index is 836. The summed E-state index contributed by atoms with van der Waals surface area (Å²) in [6.45, 7) is 0. The van der Waals surface area contributed by atoms with Crippen LogP contribution in [0.25, 0.3) is 0 Å². The van der Waals surface area contributed by atoms with Crippen LogP contribution >= 0.6 is 34.4 Å². The number of aromatic nitrogens is 2. The smallest absolute Gasteiger partial charge is 0.231 e. The zero-order valence-corrected chi connectivity index (χ0v) is 14.6. The number of nitrogens with one attached hydrogen (secondary N) is 1. The fraction of sp³-hybridized carbons (Fsp3) is 0.133. The maximum atomic E-state index is 13.6. The summed E-state index contributed by atoms with van der Waals surface area (Å²) in [5.41, 5.74) is 0.389. The fourth-order valence-corrected chi connectivity index (χ4v) is 4.29. The van der Waals surface area contributed by atoms with Crippen LogP contribution in [0.3, 0.4) is 0 Å². The summed E-state index contributed by atoms with van der Waals surface area (Å²) in [4.78, 5) is 12.9. The Labute approximate surface area is 148 Å². The Balaban J connectivity index is 1.54. The second-order valence-corrected chi connectivity index (χ2v) is 7.93. The molecular weight excluding hydrogens is 372 g/mol. The fourth-order valence-electron chi connectivity index (χ4n) is 1.83. The van der Waals surface area contributed by atoms with Crippen molar-refractivity contribution in [3.8, 4) is 0 Å². The maximum absolute atomic E-state index is 13.6. The average Bonchev–Trinajstić information content (AvgIpc) is 3.18. The lowest BCUT2D eigenvalue weighted by atomic mass is 10.2. The van der Waals surface area contributed by atoms with Gasteiger partial charge in [0, 0.05) is 16.7 Å². The second kappa shape index (κ2) is 7.82. The number of amides is 1. The molecule has 9 heteroatoms. The van der Waals surface area contributed by atoms with E-state index >= 15 is 0 Å². The van der Waals surface area contributed by atoms with E-state index < -0.39 is 11.6 Å². The molecule has 0 bridgehead atoms. The molecule has 0 unspecified atom stereocenters. The summed E-state index contributed by atoms with van der Waals surface area (Å²) < 4.78 is 27.0. The van der Waals surface area contributed by atoms with Crippen molar-refractivity contribution >= 4 is 45.5 Å². The van der Waals surface area contributed by atoms with Gasteiger partial charge in [-0.15, -0.1) is 21.5 Å². The first-order valence-electron chi connectivity index (χ1n) is 6.82. The first-order valence-corrected chi connectivity index (χ1v) is 9.51. The Morgan fingerprint density at radius 2 is 2.12 bits per heavy atom. The number of nitrogens with zero attached hydrogens (tertiary/aromatic N) is 2. The highest BCUT2D eigenvalue weighted by molar-refractivity contribution is 8.00. The number of thiophene rings is 1. The first-order chi connectivity index (χ1) is 11.6. The third kappa shape index (κ3) is 4.59. The van der Waals surface area contributed by atoms with Crippen LogP contribution in [0.4, 0.5) is 13.9 Å². The molecule has 1 amide bonds. The molecule has 0 fully saturated rings. The van der Waals surface area contributed by atoms with E-state index in [4.69, 9.17) is 0 Å². The number of hydrogen-bond acceptors (Lipinski definition) is 6. The third-order valence-electron chi connectivity index (χ3n) is 2.93. The lowest BCUT2D eigenvalue weighted by molar-refractivity contribution is -0.115. The molecule has 3 rings (SSSR count). The van der Waals surface area contributed by atoms with Gasteiger partial charge in [0.1, 0.15) is 11.6 Å². The lowest BCUT2D eigenvalue weighted by Gasteiger charge is -2.00. The van der Waals surface area contributed by atoms with Gasteiger partial charge in [-0.05, 0) is 23.1 Å². The summed E-state index contributed by atoms with van der Waals surface area (Å²) in [6.07, 6.45) is 0.292. The number of anilines is 1. The maximum Gasteiger partial charge on any atom is 0.231 e. The highest BCUT2D eigenvalue weighted by atomic mass is 32.2. The topological polar surface area (TPSA) is 54.9 Å². The summed E-state index contributed by atoms with van der Waals surface area (Å²) in [5, 5.41) is 12.9. The molecule has 124 valence electrons. The van der Waals surface area contributed by atoms with Crippen LogP contribution < -0.4 is 5.32 Å². The predicted molar refractivity (Wildman–Crippen MR) is 92.5 cm³/mol. The van der Waals surface area contributed by atoms with E-state index in [9.17, 15) is 13.6 Å². The Hall–Kier alpha value is -1.84. The molecule has 4 nitrogen and oxygen atoms in total. The SMILES string of the molecule is O=C(Cc1cccs1)Nc1nnc(SCc2ccc(F)cc2F)s1. The Morgan fingerprint density at radius 3 is 2.88 bits per heavy atom. The molecule has 1 aromatic carbocycles. The molecular formula is C15H11F2N3OS3. The zero-order chi connectivity index (χ0) is 16.9. The van der Waals surface area contributed by atoms with Crippen LogP contribution in [0.15, 0.2) is 40.1 Å². The normalized spacial score (nSPS) is 10.8. The van der Waals surface area contributed by atoms with Crippen molar-refractivity contribution in [1.29, 1.82) is 0 Å². The molecule has 0 saturated carbocycles. The monoisotopic (exact) mass is 383 g/mol. The molecule has 1 N–H and O–H groups in total. The van der Waals surface area contributed by atoms with Gasteiger partial charge in [-0.2, -0.15) is 0 Å². The molecule has 24 heavy (non-hydrogen) atoms. The number of thioether (sulfide) groups is 1. The van der Waals surface area contributed by atoms with Crippen molar-refractivity contribution in [2.45, 2.75) is 16.5 Å². The minimum Gasteiger partial charge on any atom is -0.300 e. The molecule has 0 spiro atoms. The number of halogens is 2. The van der Waals surface area contributed by atoms with Gasteiger partial charge in [-0.25, -0.2) is 8.78 Å². The summed E-state index contributed by atoms with van der Waals surface area (Å²) in [7, 11) is 0. The van der Waals surface area contributed by atoms with Gasteiger partial charge >= 0.3 is 0 Å². The van der Waals surface area contributed by atoms with E-state index in [0.29, 0.717) is 27.2 Å². The van der Waals surface area contributed by atoms with Crippen LogP contribution in [0.2, 0.25) is 0 Å². The van der Waals surface area contributed by atoms with E-state index in [2.05, 4.69) is 15.5 Å². The molecule has 0 aliphatic heterocycles. The van der Waals surface area contributed by atoms with Crippen molar-refractivity contribution in [2.75, 3.05) is 5.32 Å². The van der Waals surface area contributed by atoms with E-state index in [1.165, 1.54) is 46.6 Å².